The van der Waals surface area contributed by atoms with Crippen molar-refractivity contribution in [3.8, 4) is 17.2 Å². The van der Waals surface area contributed by atoms with Crippen molar-refractivity contribution in [2.75, 3.05) is 13.9 Å². The third kappa shape index (κ3) is 3.30. The first kappa shape index (κ1) is 18.9. The van der Waals surface area contributed by atoms with Gasteiger partial charge in [0.2, 0.25) is 12.5 Å². The number of ether oxygens (including phenoxy) is 3. The van der Waals surface area contributed by atoms with Crippen LogP contribution in [-0.2, 0) is 11.3 Å². The number of carbonyl (C=O) groups is 1. The van der Waals surface area contributed by atoms with E-state index in [1.165, 1.54) is 0 Å². The molecule has 1 N–H and O–H groups in total. The van der Waals surface area contributed by atoms with E-state index < -0.39 is 5.72 Å². The highest BCUT2D eigenvalue weighted by atomic mass is 16.7. The van der Waals surface area contributed by atoms with Gasteiger partial charge in [-0.25, -0.2) is 5.01 Å². The van der Waals surface area contributed by atoms with Gasteiger partial charge in [0.25, 0.3) is 5.91 Å². The predicted octanol–water partition coefficient (Wildman–Crippen LogP) is 3.06. The van der Waals surface area contributed by atoms with Crippen molar-refractivity contribution in [2.24, 2.45) is 5.16 Å². The molecule has 8 nitrogen and oxygen atoms in total. The van der Waals surface area contributed by atoms with E-state index in [4.69, 9.17) is 19.0 Å². The fourth-order valence-corrected chi connectivity index (χ4v) is 3.39. The fraction of sp³-hybridized carbons (Fsp3) is 0.333. The average Bonchev–Trinajstić information content (AvgIpc) is 3.30. The molecular formula is C21H23N3O5. The number of hydrogen-bond acceptors (Lipinski definition) is 7. The molecule has 29 heavy (non-hydrogen) atoms. The molecule has 0 saturated heterocycles. The Balaban J connectivity index is 1.64. The summed E-state index contributed by atoms with van der Waals surface area (Å²) in [5.74, 6) is 2.19. The first-order chi connectivity index (χ1) is 13.9. The van der Waals surface area contributed by atoms with Crippen molar-refractivity contribution in [3.63, 3.8) is 0 Å². The number of rotatable bonds is 5. The van der Waals surface area contributed by atoms with Crippen molar-refractivity contribution in [3.05, 3.63) is 53.1 Å². The van der Waals surface area contributed by atoms with Crippen LogP contribution in [0.25, 0.3) is 0 Å². The van der Waals surface area contributed by atoms with Crippen molar-refractivity contribution in [2.45, 2.75) is 32.9 Å². The second kappa shape index (κ2) is 7.20. The van der Waals surface area contributed by atoms with Gasteiger partial charge in [0.1, 0.15) is 5.75 Å². The van der Waals surface area contributed by atoms with Gasteiger partial charge in [0.15, 0.2) is 17.3 Å². The molecule has 1 amide bonds. The number of carbonyl (C=O) groups excluding carboxylic acids is 1. The molecule has 0 unspecified atom stereocenters. The zero-order valence-corrected chi connectivity index (χ0v) is 16.8. The standard InChI is InChI=1S/C21H23N3O5/c1-5-14-15(7-6-8-16(14)26-4)20(25)22-24-19(23-29-21(24,2)3)13-9-10-17-18(11-13)28-12-27-17/h6-11H,5,12H2,1-4H3,(H,22,25). The number of benzene rings is 2. The van der Waals surface area contributed by atoms with E-state index in [1.54, 1.807) is 24.3 Å². The van der Waals surface area contributed by atoms with E-state index >= 15 is 0 Å². The van der Waals surface area contributed by atoms with Gasteiger partial charge in [-0.3, -0.25) is 10.2 Å². The maximum atomic E-state index is 13.1. The van der Waals surface area contributed by atoms with Crippen molar-refractivity contribution < 1.29 is 23.8 Å². The summed E-state index contributed by atoms with van der Waals surface area (Å²) in [6.45, 7) is 5.81. The molecular weight excluding hydrogens is 374 g/mol. The van der Waals surface area contributed by atoms with E-state index in [9.17, 15) is 4.79 Å². The molecule has 2 aromatic rings. The van der Waals surface area contributed by atoms with Crippen LogP contribution in [0.3, 0.4) is 0 Å². The number of amidine groups is 1. The van der Waals surface area contributed by atoms with Gasteiger partial charge in [-0.05, 0) is 50.6 Å². The van der Waals surface area contributed by atoms with Gasteiger partial charge >= 0.3 is 0 Å². The summed E-state index contributed by atoms with van der Waals surface area (Å²) in [4.78, 5) is 18.7. The summed E-state index contributed by atoms with van der Waals surface area (Å²) in [7, 11) is 1.60. The number of nitrogens with zero attached hydrogens (tertiary/aromatic N) is 2. The van der Waals surface area contributed by atoms with Gasteiger partial charge in [-0.15, -0.1) is 0 Å². The molecule has 0 aliphatic carbocycles. The SMILES string of the molecule is CCc1c(OC)cccc1C(=O)NN1C(c2ccc3c(c2)OCO3)=NOC1(C)C. The minimum Gasteiger partial charge on any atom is -0.496 e. The van der Waals surface area contributed by atoms with E-state index in [2.05, 4.69) is 10.6 Å². The largest absolute Gasteiger partial charge is 0.496 e. The fourth-order valence-electron chi connectivity index (χ4n) is 3.39. The Morgan fingerprint density at radius 1 is 1.24 bits per heavy atom. The van der Waals surface area contributed by atoms with Crippen LogP contribution in [-0.4, -0.2) is 36.4 Å². The summed E-state index contributed by atoms with van der Waals surface area (Å²) in [5, 5.41) is 5.81. The predicted molar refractivity (Wildman–Crippen MR) is 106 cm³/mol. The highest BCUT2D eigenvalue weighted by Crippen LogP contribution is 2.35. The summed E-state index contributed by atoms with van der Waals surface area (Å²) in [6.07, 6.45) is 0.662. The summed E-state index contributed by atoms with van der Waals surface area (Å²) < 4.78 is 16.2. The zero-order valence-electron chi connectivity index (χ0n) is 16.8. The minimum absolute atomic E-state index is 0.184. The molecule has 152 valence electrons. The Labute approximate surface area is 169 Å². The van der Waals surface area contributed by atoms with Crippen molar-refractivity contribution in [1.82, 2.24) is 10.4 Å². The lowest BCUT2D eigenvalue weighted by molar-refractivity contribution is -0.0824. The number of oxime groups is 1. The van der Waals surface area contributed by atoms with Gasteiger partial charge < -0.3 is 19.0 Å². The summed E-state index contributed by atoms with van der Waals surface area (Å²) in [5.41, 5.74) is 4.19. The van der Waals surface area contributed by atoms with Crippen LogP contribution in [0.2, 0.25) is 0 Å². The molecule has 0 fully saturated rings. The second-order valence-electron chi connectivity index (χ2n) is 7.14. The van der Waals surface area contributed by atoms with Crippen LogP contribution in [0, 0.1) is 0 Å². The third-order valence-corrected chi connectivity index (χ3v) is 4.90. The lowest BCUT2D eigenvalue weighted by Crippen LogP contribution is -2.54. The first-order valence-corrected chi connectivity index (χ1v) is 9.38. The smallest absolute Gasteiger partial charge is 0.270 e. The molecule has 0 atom stereocenters. The molecule has 0 radical (unpaired) electrons. The van der Waals surface area contributed by atoms with Crippen molar-refractivity contribution in [1.29, 1.82) is 0 Å². The van der Waals surface area contributed by atoms with Gasteiger partial charge in [0.05, 0.1) is 7.11 Å². The molecule has 0 saturated carbocycles. The van der Waals surface area contributed by atoms with Crippen LogP contribution in [0.1, 0.15) is 42.3 Å². The Bertz CT molecular complexity index is 986. The van der Waals surface area contributed by atoms with Gasteiger partial charge in [-0.2, -0.15) is 0 Å². The molecule has 2 aromatic carbocycles. The molecule has 8 heteroatoms. The molecule has 0 aromatic heterocycles. The van der Waals surface area contributed by atoms with Crippen LogP contribution in [0.15, 0.2) is 41.6 Å². The third-order valence-electron chi connectivity index (χ3n) is 4.90. The highest BCUT2D eigenvalue weighted by Gasteiger charge is 2.40. The van der Waals surface area contributed by atoms with Gasteiger partial charge in [-0.1, -0.05) is 18.1 Å². The molecule has 2 aliphatic rings. The van der Waals surface area contributed by atoms with Crippen LogP contribution < -0.4 is 19.6 Å². The molecule has 2 aliphatic heterocycles. The van der Waals surface area contributed by atoms with E-state index in [0.29, 0.717) is 35.1 Å². The van der Waals surface area contributed by atoms with E-state index in [0.717, 1.165) is 11.1 Å². The monoisotopic (exact) mass is 397 g/mol. The first-order valence-electron chi connectivity index (χ1n) is 9.38. The maximum Gasteiger partial charge on any atom is 0.270 e. The Kier molecular flexibility index (Phi) is 4.70. The Morgan fingerprint density at radius 3 is 2.79 bits per heavy atom. The van der Waals surface area contributed by atoms with Crippen LogP contribution in [0.5, 0.6) is 17.2 Å². The summed E-state index contributed by atoms with van der Waals surface area (Å²) in [6, 6.07) is 10.9. The highest BCUT2D eigenvalue weighted by molar-refractivity contribution is 6.03. The molecule has 2 heterocycles. The number of amides is 1. The van der Waals surface area contributed by atoms with Crippen molar-refractivity contribution >= 4 is 11.7 Å². The molecule has 4 rings (SSSR count). The second-order valence-corrected chi connectivity index (χ2v) is 7.14. The number of fused-ring (bicyclic) bond motifs is 1. The van der Waals surface area contributed by atoms with Crippen LogP contribution in [0.4, 0.5) is 0 Å². The van der Waals surface area contributed by atoms with E-state index in [-0.39, 0.29) is 12.7 Å². The number of methoxy groups -OCH3 is 1. The Hall–Kier alpha value is -3.42. The normalized spacial score (nSPS) is 16.3. The lowest BCUT2D eigenvalue weighted by Gasteiger charge is -2.31. The lowest BCUT2D eigenvalue weighted by atomic mass is 10.0. The summed E-state index contributed by atoms with van der Waals surface area (Å²) >= 11 is 0. The minimum atomic E-state index is -0.868. The van der Waals surface area contributed by atoms with E-state index in [1.807, 2.05) is 45.0 Å². The average molecular weight is 397 g/mol. The zero-order chi connectivity index (χ0) is 20.6. The maximum absolute atomic E-state index is 13.1. The topological polar surface area (TPSA) is 81.6 Å². The quantitative estimate of drug-likeness (QED) is 0.835. The number of nitrogens with one attached hydrogen (secondary N) is 1. The Morgan fingerprint density at radius 2 is 2.03 bits per heavy atom. The number of hydrazine groups is 1. The molecule has 0 spiro atoms. The number of hydrogen-bond donors (Lipinski definition) is 1. The van der Waals surface area contributed by atoms with Crippen LogP contribution >= 0.6 is 0 Å². The van der Waals surface area contributed by atoms with Gasteiger partial charge in [0, 0.05) is 16.7 Å². The molecule has 0 bridgehead atoms.